The summed E-state index contributed by atoms with van der Waals surface area (Å²) in [5.74, 6) is -1.69. The van der Waals surface area contributed by atoms with Crippen LogP contribution in [0, 0.1) is 11.6 Å². The van der Waals surface area contributed by atoms with E-state index < -0.39 is 17.5 Å². The summed E-state index contributed by atoms with van der Waals surface area (Å²) in [6.07, 6.45) is 3.77. The minimum Gasteiger partial charge on any atom is -0.328 e. The van der Waals surface area contributed by atoms with E-state index in [0.717, 1.165) is 25.0 Å². The predicted molar refractivity (Wildman–Crippen MR) is 75.4 cm³/mol. The Morgan fingerprint density at radius 1 is 1.32 bits per heavy atom. The molecule has 1 amide bonds. The maximum absolute atomic E-state index is 14.0. The molecular formula is C14H13ClF2N4O. The van der Waals surface area contributed by atoms with Crippen LogP contribution in [0.3, 0.4) is 0 Å². The average molecular weight is 327 g/mol. The summed E-state index contributed by atoms with van der Waals surface area (Å²) in [6, 6.07) is 1.34. The molecule has 1 aromatic heterocycles. The molecule has 1 unspecified atom stereocenters. The molecule has 1 atom stereocenters. The van der Waals surface area contributed by atoms with Crippen LogP contribution in [0.1, 0.15) is 41.5 Å². The lowest BCUT2D eigenvalue weighted by molar-refractivity contribution is 0.0595. The van der Waals surface area contributed by atoms with E-state index in [-0.39, 0.29) is 16.6 Å². The molecule has 1 aromatic carbocycles. The number of aromatic nitrogens is 3. The monoisotopic (exact) mass is 326 g/mol. The number of carbonyl (C=O) groups is 1. The molecule has 8 heteroatoms. The summed E-state index contributed by atoms with van der Waals surface area (Å²) in [4.78, 5) is 18.2. The number of aromatic amines is 1. The molecular weight excluding hydrogens is 314 g/mol. The third-order valence-corrected chi connectivity index (χ3v) is 4.04. The number of piperidine rings is 1. The zero-order valence-electron chi connectivity index (χ0n) is 11.5. The topological polar surface area (TPSA) is 61.9 Å². The summed E-state index contributed by atoms with van der Waals surface area (Å²) < 4.78 is 27.5. The second-order valence-corrected chi connectivity index (χ2v) is 5.53. The molecule has 2 heterocycles. The maximum atomic E-state index is 14.0. The summed E-state index contributed by atoms with van der Waals surface area (Å²) in [6.45, 7) is 0.452. The van der Waals surface area contributed by atoms with Gasteiger partial charge < -0.3 is 4.90 Å². The number of halogens is 3. The molecule has 3 rings (SSSR count). The Labute approximate surface area is 130 Å². The number of likely N-dealkylation sites (tertiary alicyclic amines) is 1. The highest BCUT2D eigenvalue weighted by atomic mass is 35.5. The lowest BCUT2D eigenvalue weighted by Gasteiger charge is -2.34. The van der Waals surface area contributed by atoms with E-state index in [1.54, 1.807) is 0 Å². The van der Waals surface area contributed by atoms with Crippen LogP contribution in [-0.4, -0.2) is 32.5 Å². The van der Waals surface area contributed by atoms with Crippen molar-refractivity contribution >= 4 is 17.5 Å². The fraction of sp³-hybridized carbons (Fsp3) is 0.357. The van der Waals surface area contributed by atoms with E-state index in [9.17, 15) is 13.6 Å². The molecule has 0 saturated carbocycles. The number of nitrogens with zero attached hydrogens (tertiary/aromatic N) is 3. The van der Waals surface area contributed by atoms with E-state index in [0.29, 0.717) is 18.8 Å². The minimum absolute atomic E-state index is 0.318. The van der Waals surface area contributed by atoms with Crippen LogP contribution in [0.2, 0.25) is 5.02 Å². The normalized spacial score (nSPS) is 18.5. The van der Waals surface area contributed by atoms with E-state index in [2.05, 4.69) is 15.2 Å². The van der Waals surface area contributed by atoms with Gasteiger partial charge in [0.05, 0.1) is 16.6 Å². The van der Waals surface area contributed by atoms with Crippen LogP contribution >= 0.6 is 11.6 Å². The van der Waals surface area contributed by atoms with Gasteiger partial charge in [-0.2, -0.15) is 5.10 Å². The second kappa shape index (κ2) is 6.00. The van der Waals surface area contributed by atoms with Crippen molar-refractivity contribution < 1.29 is 13.6 Å². The largest absolute Gasteiger partial charge is 0.328 e. The van der Waals surface area contributed by atoms with Crippen LogP contribution < -0.4 is 0 Å². The Balaban J connectivity index is 1.94. The number of benzene rings is 1. The highest BCUT2D eigenvalue weighted by molar-refractivity contribution is 6.30. The molecule has 1 aliphatic heterocycles. The number of hydrogen-bond acceptors (Lipinski definition) is 3. The van der Waals surface area contributed by atoms with Gasteiger partial charge in [-0.05, 0) is 31.4 Å². The fourth-order valence-electron chi connectivity index (χ4n) is 2.68. The van der Waals surface area contributed by atoms with E-state index >= 15 is 0 Å². The lowest BCUT2D eigenvalue weighted by atomic mass is 10.00. The highest BCUT2D eigenvalue weighted by Gasteiger charge is 2.32. The van der Waals surface area contributed by atoms with Crippen molar-refractivity contribution in [1.29, 1.82) is 0 Å². The molecule has 1 N–H and O–H groups in total. The van der Waals surface area contributed by atoms with Gasteiger partial charge in [0.25, 0.3) is 5.91 Å². The standard InChI is InChI=1S/C14H13ClF2N4O/c15-9-6-10(16)8(5-11(9)17)14(22)21-4-2-1-3-12(21)13-18-7-19-20-13/h5-7,12H,1-4H2,(H,18,19,20). The van der Waals surface area contributed by atoms with Crippen molar-refractivity contribution in [1.82, 2.24) is 20.1 Å². The number of H-pyrrole nitrogens is 1. The Morgan fingerprint density at radius 3 is 2.86 bits per heavy atom. The molecule has 2 aromatic rings. The minimum atomic E-state index is -0.835. The van der Waals surface area contributed by atoms with Gasteiger partial charge in [0, 0.05) is 6.54 Å². The van der Waals surface area contributed by atoms with Crippen LogP contribution in [-0.2, 0) is 0 Å². The number of amides is 1. The number of nitrogens with one attached hydrogen (secondary N) is 1. The van der Waals surface area contributed by atoms with Gasteiger partial charge in [0.1, 0.15) is 23.8 Å². The smallest absolute Gasteiger partial charge is 0.257 e. The molecule has 116 valence electrons. The van der Waals surface area contributed by atoms with Crippen molar-refractivity contribution in [3.63, 3.8) is 0 Å². The van der Waals surface area contributed by atoms with E-state index in [1.165, 1.54) is 11.2 Å². The van der Waals surface area contributed by atoms with Gasteiger partial charge in [-0.3, -0.25) is 9.89 Å². The molecule has 0 bridgehead atoms. The van der Waals surface area contributed by atoms with Crippen molar-refractivity contribution in [2.75, 3.05) is 6.54 Å². The summed E-state index contributed by atoms with van der Waals surface area (Å²) >= 11 is 5.52. The first kappa shape index (κ1) is 14.9. The third kappa shape index (κ3) is 2.68. The van der Waals surface area contributed by atoms with Gasteiger partial charge in [-0.25, -0.2) is 13.8 Å². The molecule has 0 aliphatic carbocycles. The molecule has 1 fully saturated rings. The quantitative estimate of drug-likeness (QED) is 0.863. The van der Waals surface area contributed by atoms with Crippen LogP contribution in [0.4, 0.5) is 8.78 Å². The SMILES string of the molecule is O=C(c1cc(F)c(Cl)cc1F)N1CCCCC1c1ncn[nH]1. The van der Waals surface area contributed by atoms with Crippen LogP contribution in [0.5, 0.6) is 0 Å². The Hall–Kier alpha value is -2.02. The number of rotatable bonds is 2. The molecule has 1 saturated heterocycles. The van der Waals surface area contributed by atoms with Crippen LogP contribution in [0.25, 0.3) is 0 Å². The van der Waals surface area contributed by atoms with Crippen molar-refractivity contribution in [3.8, 4) is 0 Å². The maximum Gasteiger partial charge on any atom is 0.257 e. The first-order chi connectivity index (χ1) is 10.6. The van der Waals surface area contributed by atoms with Crippen LogP contribution in [0.15, 0.2) is 18.5 Å². The number of carbonyl (C=O) groups excluding carboxylic acids is 1. The number of hydrogen-bond donors (Lipinski definition) is 1. The van der Waals surface area contributed by atoms with Crippen molar-refractivity contribution in [2.24, 2.45) is 0 Å². The Bertz CT molecular complexity index is 692. The Morgan fingerprint density at radius 2 is 2.14 bits per heavy atom. The molecule has 5 nitrogen and oxygen atoms in total. The first-order valence-corrected chi connectivity index (χ1v) is 7.26. The highest BCUT2D eigenvalue weighted by Crippen LogP contribution is 2.31. The first-order valence-electron chi connectivity index (χ1n) is 6.88. The Kier molecular flexibility index (Phi) is 4.06. The summed E-state index contributed by atoms with van der Waals surface area (Å²) in [7, 11) is 0. The zero-order chi connectivity index (χ0) is 15.7. The predicted octanol–water partition coefficient (Wildman–Crippen LogP) is 3.10. The molecule has 0 radical (unpaired) electrons. The van der Waals surface area contributed by atoms with Gasteiger partial charge in [0.2, 0.25) is 0 Å². The van der Waals surface area contributed by atoms with E-state index in [4.69, 9.17) is 11.6 Å². The van der Waals surface area contributed by atoms with Crippen molar-refractivity contribution in [3.05, 3.63) is 46.5 Å². The molecule has 0 spiro atoms. The van der Waals surface area contributed by atoms with Gasteiger partial charge in [-0.1, -0.05) is 11.6 Å². The molecule has 22 heavy (non-hydrogen) atoms. The van der Waals surface area contributed by atoms with Crippen molar-refractivity contribution in [2.45, 2.75) is 25.3 Å². The fourth-order valence-corrected chi connectivity index (χ4v) is 2.83. The van der Waals surface area contributed by atoms with Gasteiger partial charge >= 0.3 is 0 Å². The zero-order valence-corrected chi connectivity index (χ0v) is 12.3. The third-order valence-electron chi connectivity index (χ3n) is 3.75. The summed E-state index contributed by atoms with van der Waals surface area (Å²) in [5, 5.41) is 6.17. The van der Waals surface area contributed by atoms with Gasteiger partial charge in [-0.15, -0.1) is 0 Å². The average Bonchev–Trinajstić information content (AvgIpc) is 3.04. The second-order valence-electron chi connectivity index (χ2n) is 5.13. The lowest BCUT2D eigenvalue weighted by Crippen LogP contribution is -2.39. The van der Waals surface area contributed by atoms with Gasteiger partial charge in [0.15, 0.2) is 0 Å². The molecule has 1 aliphatic rings. The summed E-state index contributed by atoms with van der Waals surface area (Å²) in [5.41, 5.74) is -0.326. The van der Waals surface area contributed by atoms with E-state index in [1.807, 2.05) is 0 Å².